The summed E-state index contributed by atoms with van der Waals surface area (Å²) in [7, 11) is 2.19. The summed E-state index contributed by atoms with van der Waals surface area (Å²) in [6.07, 6.45) is 0. The number of aromatic nitrogens is 1. The van der Waals surface area contributed by atoms with Crippen LogP contribution in [0.15, 0.2) is 140 Å². The van der Waals surface area contributed by atoms with Gasteiger partial charge < -0.3 is 9.47 Å². The molecule has 37 heavy (non-hydrogen) atoms. The molecule has 0 atom stereocenters. The van der Waals surface area contributed by atoms with E-state index in [-0.39, 0.29) is 0 Å². The molecule has 176 valence electrons. The van der Waals surface area contributed by atoms with Crippen molar-refractivity contribution in [2.24, 2.45) is 7.05 Å². The van der Waals surface area contributed by atoms with Crippen molar-refractivity contribution in [3.8, 4) is 11.1 Å². The van der Waals surface area contributed by atoms with Gasteiger partial charge in [0.25, 0.3) is 0 Å². The molecule has 2 nitrogen and oxygen atoms in total. The lowest BCUT2D eigenvalue weighted by Gasteiger charge is -2.27. The predicted molar refractivity (Wildman–Crippen MR) is 158 cm³/mol. The first-order valence-corrected chi connectivity index (χ1v) is 12.7. The van der Waals surface area contributed by atoms with Crippen LogP contribution in [-0.4, -0.2) is 4.57 Å². The van der Waals surface area contributed by atoms with E-state index in [9.17, 15) is 0 Å². The zero-order valence-corrected chi connectivity index (χ0v) is 20.7. The quantitative estimate of drug-likeness (QED) is 0.246. The third kappa shape index (κ3) is 3.57. The molecule has 0 spiro atoms. The van der Waals surface area contributed by atoms with Crippen LogP contribution in [0.25, 0.3) is 43.7 Å². The summed E-state index contributed by atoms with van der Waals surface area (Å²) in [6, 6.07) is 50.0. The Labute approximate surface area is 216 Å². The van der Waals surface area contributed by atoms with Gasteiger partial charge in [-0.1, -0.05) is 97.1 Å². The van der Waals surface area contributed by atoms with Crippen molar-refractivity contribution < 1.29 is 0 Å². The molecule has 0 aliphatic rings. The van der Waals surface area contributed by atoms with E-state index in [4.69, 9.17) is 0 Å². The maximum Gasteiger partial charge on any atom is 0.0733 e. The van der Waals surface area contributed by atoms with Gasteiger partial charge in [0.2, 0.25) is 0 Å². The fraction of sp³-hybridized carbons (Fsp3) is 0.0286. The molecule has 0 N–H and O–H groups in total. The summed E-state index contributed by atoms with van der Waals surface area (Å²) in [5, 5.41) is 5.08. The van der Waals surface area contributed by atoms with E-state index >= 15 is 0 Å². The maximum atomic E-state index is 2.37. The lowest BCUT2D eigenvalue weighted by atomic mass is 10.0. The van der Waals surface area contributed by atoms with Crippen LogP contribution >= 0.6 is 0 Å². The molecular weight excluding hydrogens is 448 g/mol. The Bertz CT molecular complexity index is 1860. The predicted octanol–water partition coefficient (Wildman–Crippen LogP) is 9.62. The minimum atomic E-state index is 1.13. The van der Waals surface area contributed by atoms with Crippen molar-refractivity contribution in [1.29, 1.82) is 0 Å². The van der Waals surface area contributed by atoms with Gasteiger partial charge in [-0.2, -0.15) is 0 Å². The van der Waals surface area contributed by atoms with Gasteiger partial charge in [0.1, 0.15) is 0 Å². The van der Waals surface area contributed by atoms with Gasteiger partial charge in [-0.05, 0) is 64.4 Å². The first-order valence-electron chi connectivity index (χ1n) is 12.7. The van der Waals surface area contributed by atoms with Crippen LogP contribution in [0.4, 0.5) is 17.1 Å². The van der Waals surface area contributed by atoms with Gasteiger partial charge in [0.15, 0.2) is 0 Å². The Morgan fingerprint density at radius 3 is 1.81 bits per heavy atom. The molecule has 0 bridgehead atoms. The van der Waals surface area contributed by atoms with Crippen molar-refractivity contribution in [1.82, 2.24) is 4.57 Å². The highest BCUT2D eigenvalue weighted by atomic mass is 15.2. The fourth-order valence-corrected chi connectivity index (χ4v) is 5.56. The largest absolute Gasteiger partial charge is 0.342 e. The second kappa shape index (κ2) is 8.69. The summed E-state index contributed by atoms with van der Waals surface area (Å²) < 4.78 is 2.35. The smallest absolute Gasteiger partial charge is 0.0733 e. The van der Waals surface area contributed by atoms with Crippen LogP contribution in [0.2, 0.25) is 0 Å². The van der Waals surface area contributed by atoms with Crippen molar-refractivity contribution in [3.05, 3.63) is 140 Å². The number of anilines is 3. The summed E-state index contributed by atoms with van der Waals surface area (Å²) in [6.45, 7) is 0. The minimum absolute atomic E-state index is 1.13. The third-order valence-corrected chi connectivity index (χ3v) is 7.35. The van der Waals surface area contributed by atoms with Crippen LogP contribution in [0.3, 0.4) is 0 Å². The zero-order valence-electron chi connectivity index (χ0n) is 20.7. The Morgan fingerprint density at radius 1 is 0.486 bits per heavy atom. The molecule has 0 radical (unpaired) electrons. The Balaban J connectivity index is 1.46. The summed E-state index contributed by atoms with van der Waals surface area (Å²) in [4.78, 5) is 2.37. The maximum absolute atomic E-state index is 2.37. The highest BCUT2D eigenvalue weighted by Gasteiger charge is 2.19. The highest BCUT2D eigenvalue weighted by molar-refractivity contribution is 6.16. The van der Waals surface area contributed by atoms with Gasteiger partial charge in [-0.3, -0.25) is 0 Å². The van der Waals surface area contributed by atoms with E-state index in [0.717, 1.165) is 11.4 Å². The Kier molecular flexibility index (Phi) is 5.04. The number of benzene rings is 6. The second-order valence-electron chi connectivity index (χ2n) is 9.53. The minimum Gasteiger partial charge on any atom is -0.342 e. The molecule has 0 fully saturated rings. The van der Waals surface area contributed by atoms with Gasteiger partial charge in [0.05, 0.1) is 11.2 Å². The molecule has 0 saturated heterocycles. The van der Waals surface area contributed by atoms with Crippen LogP contribution in [0.1, 0.15) is 0 Å². The van der Waals surface area contributed by atoms with Crippen molar-refractivity contribution in [3.63, 3.8) is 0 Å². The number of aryl methyl sites for hydroxylation is 1. The topological polar surface area (TPSA) is 8.17 Å². The normalized spacial score (nSPS) is 11.4. The average Bonchev–Trinajstić information content (AvgIpc) is 3.25. The van der Waals surface area contributed by atoms with Crippen LogP contribution in [0, 0.1) is 0 Å². The van der Waals surface area contributed by atoms with E-state index in [2.05, 4.69) is 156 Å². The third-order valence-electron chi connectivity index (χ3n) is 7.35. The molecule has 1 heterocycles. The van der Waals surface area contributed by atoms with E-state index in [1.165, 1.54) is 49.4 Å². The first-order chi connectivity index (χ1) is 18.3. The number of fused-ring (bicyclic) bond motifs is 4. The molecular formula is C35H26N2. The van der Waals surface area contributed by atoms with Gasteiger partial charge in [-0.25, -0.2) is 0 Å². The van der Waals surface area contributed by atoms with Gasteiger partial charge in [0, 0.05) is 34.7 Å². The number of nitrogens with zero attached hydrogens (tertiary/aromatic N) is 2. The monoisotopic (exact) mass is 474 g/mol. The Hall–Kier alpha value is -4.82. The van der Waals surface area contributed by atoms with Crippen LogP contribution in [-0.2, 0) is 7.05 Å². The molecule has 0 unspecified atom stereocenters. The SMILES string of the molecule is Cn1c2cc3ccccc3cc2c2cccc(N(c3ccccc3)c3ccc(-c4ccccc4)cc3)c21. The van der Waals surface area contributed by atoms with Crippen molar-refractivity contribution >= 4 is 49.6 Å². The van der Waals surface area contributed by atoms with E-state index < -0.39 is 0 Å². The number of rotatable bonds is 4. The second-order valence-corrected chi connectivity index (χ2v) is 9.53. The molecule has 1 aromatic heterocycles. The number of hydrogen-bond acceptors (Lipinski definition) is 1. The van der Waals surface area contributed by atoms with Gasteiger partial charge in [-0.15, -0.1) is 0 Å². The van der Waals surface area contributed by atoms with E-state index in [1.54, 1.807) is 0 Å². The summed E-state index contributed by atoms with van der Waals surface area (Å²) in [5.41, 5.74) is 8.35. The molecule has 0 aliphatic heterocycles. The average molecular weight is 475 g/mol. The first kappa shape index (κ1) is 21.5. The lowest BCUT2D eigenvalue weighted by molar-refractivity contribution is 1.01. The van der Waals surface area contributed by atoms with Crippen molar-refractivity contribution in [2.75, 3.05) is 4.90 Å². The Morgan fingerprint density at radius 2 is 1.08 bits per heavy atom. The van der Waals surface area contributed by atoms with E-state index in [0.29, 0.717) is 0 Å². The van der Waals surface area contributed by atoms with E-state index in [1.807, 2.05) is 0 Å². The van der Waals surface area contributed by atoms with Crippen LogP contribution < -0.4 is 4.90 Å². The fourth-order valence-electron chi connectivity index (χ4n) is 5.56. The standard InChI is InChI=1S/C35H26N2/c1-36-34-24-28-14-9-8-13-27(28)23-32(34)31-17-10-18-33(35(31)36)37(29-15-6-3-7-16-29)30-21-19-26(20-22-30)25-11-4-2-5-12-25/h2-24H,1H3. The van der Waals surface area contributed by atoms with Crippen molar-refractivity contribution in [2.45, 2.75) is 0 Å². The molecule has 0 aliphatic carbocycles. The molecule has 7 rings (SSSR count). The molecule has 0 saturated carbocycles. The number of para-hydroxylation sites is 2. The highest BCUT2D eigenvalue weighted by Crippen LogP contribution is 2.42. The molecule has 7 aromatic rings. The summed E-state index contributed by atoms with van der Waals surface area (Å²) >= 11 is 0. The lowest BCUT2D eigenvalue weighted by Crippen LogP contribution is -2.11. The molecule has 2 heteroatoms. The number of hydrogen-bond donors (Lipinski definition) is 0. The zero-order chi connectivity index (χ0) is 24.8. The van der Waals surface area contributed by atoms with Crippen LogP contribution in [0.5, 0.6) is 0 Å². The summed E-state index contributed by atoms with van der Waals surface area (Å²) in [5.74, 6) is 0. The molecule has 6 aromatic carbocycles. The van der Waals surface area contributed by atoms with Gasteiger partial charge >= 0.3 is 0 Å². The molecule has 0 amide bonds.